The minimum Gasteiger partial charge on any atom is -0.396 e. The molecule has 0 bridgehead atoms. The van der Waals surface area contributed by atoms with E-state index in [1.54, 1.807) is 22.2 Å². The monoisotopic (exact) mass is 646 g/mol. The highest BCUT2D eigenvalue weighted by Crippen LogP contribution is 2.45. The van der Waals surface area contributed by atoms with Gasteiger partial charge in [0.05, 0.1) is 34.5 Å². The van der Waals surface area contributed by atoms with Gasteiger partial charge in [-0.3, -0.25) is 9.59 Å². The first kappa shape index (κ1) is 28.3. The molecule has 0 radical (unpaired) electrons. The van der Waals surface area contributed by atoms with Gasteiger partial charge in [0, 0.05) is 28.3 Å². The highest BCUT2D eigenvalue weighted by molar-refractivity contribution is 9.10. The normalized spacial score (nSPS) is 20.1. The Kier molecular flexibility index (Phi) is 7.42. The van der Waals surface area contributed by atoms with Crippen LogP contribution in [0.25, 0.3) is 11.3 Å². The summed E-state index contributed by atoms with van der Waals surface area (Å²) in [6, 6.07) is 0.930. The molecule has 2 aliphatic carbocycles. The number of hydrogen-bond acceptors (Lipinski definition) is 6. The van der Waals surface area contributed by atoms with Gasteiger partial charge in [0.25, 0.3) is 5.91 Å². The minimum absolute atomic E-state index is 0.00237. The van der Waals surface area contributed by atoms with Crippen LogP contribution >= 0.6 is 27.3 Å². The van der Waals surface area contributed by atoms with Crippen LogP contribution in [0.1, 0.15) is 73.2 Å². The Hall–Kier alpha value is -2.86. The van der Waals surface area contributed by atoms with Gasteiger partial charge in [-0.05, 0) is 59.7 Å². The second kappa shape index (κ2) is 10.8. The maximum absolute atomic E-state index is 14.4. The minimum atomic E-state index is -0.888. The van der Waals surface area contributed by atoms with Gasteiger partial charge in [0.1, 0.15) is 16.5 Å². The van der Waals surface area contributed by atoms with Crippen LogP contribution in [0.5, 0.6) is 0 Å². The molecule has 0 spiro atoms. The Morgan fingerprint density at radius 1 is 1.20 bits per heavy atom. The fourth-order valence-electron chi connectivity index (χ4n) is 6.47. The first-order valence-electron chi connectivity index (χ1n) is 14.1. The number of hydrogen-bond donors (Lipinski definition) is 2. The predicted octanol–water partition coefficient (Wildman–Crippen LogP) is 6.19. The molecule has 1 aliphatic heterocycles. The molecule has 2 aromatic heterocycles. The van der Waals surface area contributed by atoms with Crippen molar-refractivity contribution >= 4 is 49.8 Å². The quantitative estimate of drug-likeness (QED) is 0.245. The topological polar surface area (TPSA) is 106 Å². The van der Waals surface area contributed by atoms with Crippen LogP contribution in [0.2, 0.25) is 0 Å². The molecule has 3 heterocycles. The summed E-state index contributed by atoms with van der Waals surface area (Å²) in [5.74, 6) is -1.72. The zero-order chi connectivity index (χ0) is 29.1. The van der Waals surface area contributed by atoms with E-state index in [1.165, 1.54) is 11.3 Å². The van der Waals surface area contributed by atoms with E-state index in [4.69, 9.17) is 5.73 Å². The third-order valence-electron chi connectivity index (χ3n) is 8.84. The Labute approximate surface area is 249 Å². The summed E-state index contributed by atoms with van der Waals surface area (Å²) in [7, 11) is 0. The highest BCUT2D eigenvalue weighted by atomic mass is 79.9. The largest absolute Gasteiger partial charge is 0.396 e. The van der Waals surface area contributed by atoms with Crippen molar-refractivity contribution in [2.75, 3.05) is 17.6 Å². The van der Waals surface area contributed by atoms with E-state index in [0.29, 0.717) is 23.7 Å². The number of nitrogens with two attached hydrogens (primary N) is 1. The maximum atomic E-state index is 14.4. The first-order chi connectivity index (χ1) is 19.5. The van der Waals surface area contributed by atoms with Crippen LogP contribution in [0.4, 0.5) is 19.5 Å². The van der Waals surface area contributed by atoms with Gasteiger partial charge in [-0.25, -0.2) is 13.5 Å². The van der Waals surface area contributed by atoms with Crippen molar-refractivity contribution in [1.29, 1.82) is 0 Å². The maximum Gasteiger partial charge on any atom is 0.257 e. The van der Waals surface area contributed by atoms with Crippen molar-refractivity contribution in [1.82, 2.24) is 19.9 Å². The van der Waals surface area contributed by atoms with E-state index in [0.717, 1.165) is 56.6 Å². The number of amides is 2. The van der Waals surface area contributed by atoms with Gasteiger partial charge >= 0.3 is 0 Å². The molecule has 3 N–H and O–H groups in total. The molecule has 8 nitrogen and oxygen atoms in total. The van der Waals surface area contributed by atoms with Gasteiger partial charge < -0.3 is 16.0 Å². The number of nitrogens with zero attached hydrogens (tertiary/aromatic N) is 4. The van der Waals surface area contributed by atoms with E-state index in [2.05, 4.69) is 45.4 Å². The number of likely N-dealkylation sites (tertiary alicyclic amines) is 1. The molecular weight excluding hydrogens is 614 g/mol. The van der Waals surface area contributed by atoms with Gasteiger partial charge in [-0.1, -0.05) is 38.3 Å². The molecule has 1 saturated carbocycles. The number of anilines is 2. The molecule has 1 unspecified atom stereocenters. The summed E-state index contributed by atoms with van der Waals surface area (Å²) in [5.41, 5.74) is 7.55. The van der Waals surface area contributed by atoms with Gasteiger partial charge in [-0.2, -0.15) is 0 Å². The van der Waals surface area contributed by atoms with E-state index in [9.17, 15) is 18.4 Å². The average molecular weight is 648 g/mol. The molecular formula is C29H33BrF2N6O2S. The highest BCUT2D eigenvalue weighted by Gasteiger charge is 2.49. The number of benzene rings is 1. The number of nitrogen functional groups attached to an aromatic ring is 1. The van der Waals surface area contributed by atoms with E-state index in [1.807, 2.05) is 4.90 Å². The summed E-state index contributed by atoms with van der Waals surface area (Å²) >= 11 is 4.41. The fraction of sp³-hybridized carbons (Fsp3) is 0.517. The number of fused-ring (bicyclic) bond motifs is 1. The average Bonchev–Trinajstić information content (AvgIpc) is 3.68. The second-order valence-electron chi connectivity index (χ2n) is 12.1. The van der Waals surface area contributed by atoms with Crippen molar-refractivity contribution in [2.45, 2.75) is 77.8 Å². The standard InChI is InChI=1S/C29H33BrF2N6O2S/c1-29(2)14-38(21(29)13-37-12-19(35-36-37)17-11-18(31)23(30)24(32)25(17)33)28(40)22-16-9-6-10-20(16)41-27(22)34-26(39)15-7-4-3-5-8-15/h11-12,15,21H,3-10,13-14,33H2,1-2H3,(H,34,39). The zero-order valence-corrected chi connectivity index (χ0v) is 25.5. The molecule has 6 rings (SSSR count). The summed E-state index contributed by atoms with van der Waals surface area (Å²) in [5, 5.41) is 12.1. The van der Waals surface area contributed by atoms with Crippen molar-refractivity contribution < 1.29 is 18.4 Å². The fourth-order valence-corrected chi connectivity index (χ4v) is 8.09. The molecule has 1 aromatic carbocycles. The number of aromatic nitrogens is 3. The lowest BCUT2D eigenvalue weighted by Gasteiger charge is -2.54. The summed E-state index contributed by atoms with van der Waals surface area (Å²) < 4.78 is 29.8. The third-order valence-corrected chi connectivity index (χ3v) is 10.8. The molecule has 218 valence electrons. The van der Waals surface area contributed by atoms with Crippen LogP contribution in [0.15, 0.2) is 16.7 Å². The number of rotatable bonds is 6. The number of nitrogens with one attached hydrogen (secondary N) is 1. The third kappa shape index (κ3) is 5.07. The first-order valence-corrected chi connectivity index (χ1v) is 15.8. The smallest absolute Gasteiger partial charge is 0.257 e. The SMILES string of the molecule is CC1(C)CN(C(=O)c2c(NC(=O)C3CCCCC3)sc3c2CCC3)C1Cn1cc(-c2cc(F)c(Br)c(F)c2N)nn1. The lowest BCUT2D eigenvalue weighted by Crippen LogP contribution is -2.65. The lowest BCUT2D eigenvalue weighted by molar-refractivity contribution is -0.120. The lowest BCUT2D eigenvalue weighted by atomic mass is 9.74. The molecule has 2 amide bonds. The molecule has 1 atom stereocenters. The number of carbonyl (C=O) groups excluding carboxylic acids is 2. The zero-order valence-electron chi connectivity index (χ0n) is 23.1. The van der Waals surface area contributed by atoms with Crippen molar-refractivity contribution in [2.24, 2.45) is 11.3 Å². The molecule has 3 aliphatic rings. The Bertz CT molecular complexity index is 1530. The molecule has 3 aromatic rings. The molecule has 2 fully saturated rings. The van der Waals surface area contributed by atoms with Crippen LogP contribution in [0, 0.1) is 23.0 Å². The summed E-state index contributed by atoms with van der Waals surface area (Å²) in [6.45, 7) is 5.11. The number of aryl methyl sites for hydroxylation is 1. The van der Waals surface area contributed by atoms with Gasteiger partial charge in [0.2, 0.25) is 5.91 Å². The van der Waals surface area contributed by atoms with E-state index < -0.39 is 11.6 Å². The van der Waals surface area contributed by atoms with Crippen molar-refractivity contribution in [3.63, 3.8) is 0 Å². The Balaban J connectivity index is 1.24. The number of thiophene rings is 1. The molecule has 12 heteroatoms. The summed E-state index contributed by atoms with van der Waals surface area (Å²) in [6.07, 6.45) is 9.46. The molecule has 1 saturated heterocycles. The van der Waals surface area contributed by atoms with E-state index in [-0.39, 0.29) is 50.6 Å². The number of halogens is 3. The number of carbonyl (C=O) groups is 2. The van der Waals surface area contributed by atoms with Gasteiger partial charge in [-0.15, -0.1) is 16.4 Å². The van der Waals surface area contributed by atoms with Gasteiger partial charge in [0.15, 0.2) is 5.82 Å². The van der Waals surface area contributed by atoms with E-state index >= 15 is 0 Å². The van der Waals surface area contributed by atoms with Crippen LogP contribution < -0.4 is 11.1 Å². The van der Waals surface area contributed by atoms with Crippen LogP contribution in [-0.2, 0) is 24.2 Å². The summed E-state index contributed by atoms with van der Waals surface area (Å²) in [4.78, 5) is 30.3. The van der Waals surface area contributed by atoms with Crippen molar-refractivity contribution in [3.05, 3.63) is 44.4 Å². The Morgan fingerprint density at radius 2 is 1.95 bits per heavy atom. The van der Waals surface area contributed by atoms with Crippen LogP contribution in [-0.4, -0.2) is 44.3 Å². The van der Waals surface area contributed by atoms with Crippen LogP contribution in [0.3, 0.4) is 0 Å². The Morgan fingerprint density at radius 3 is 2.68 bits per heavy atom. The second-order valence-corrected chi connectivity index (χ2v) is 14.0. The predicted molar refractivity (Wildman–Crippen MR) is 158 cm³/mol. The molecule has 41 heavy (non-hydrogen) atoms. The van der Waals surface area contributed by atoms with Crippen molar-refractivity contribution in [3.8, 4) is 11.3 Å².